The lowest BCUT2D eigenvalue weighted by Crippen LogP contribution is -2.13. The predicted molar refractivity (Wildman–Crippen MR) is 54.4 cm³/mol. The third-order valence-electron chi connectivity index (χ3n) is 2.62. The van der Waals surface area contributed by atoms with Gasteiger partial charge in [-0.1, -0.05) is 17.3 Å². The predicted octanol–water partition coefficient (Wildman–Crippen LogP) is 2.11. The Hall–Kier alpha value is -1.91. The molecule has 1 N–H and O–H groups in total. The summed E-state index contributed by atoms with van der Waals surface area (Å²) >= 11 is 0. The number of nitro benzene ring substituents is 1. The van der Waals surface area contributed by atoms with Gasteiger partial charge < -0.3 is 5.21 Å². The van der Waals surface area contributed by atoms with Crippen molar-refractivity contribution in [2.75, 3.05) is 0 Å². The Morgan fingerprint density at radius 2 is 2.20 bits per heavy atom. The van der Waals surface area contributed by atoms with Crippen LogP contribution in [0, 0.1) is 10.1 Å². The highest BCUT2D eigenvalue weighted by Gasteiger charge is 2.23. The summed E-state index contributed by atoms with van der Waals surface area (Å²) in [5.41, 5.74) is 2.05. The molecule has 1 aromatic carbocycles. The number of fused-ring (bicyclic) bond motifs is 1. The molecule has 0 fully saturated rings. The number of oxime groups is 1. The van der Waals surface area contributed by atoms with Gasteiger partial charge in [0.05, 0.1) is 10.6 Å². The number of hydrogen-bond donors (Lipinski definition) is 1. The third-order valence-corrected chi connectivity index (χ3v) is 2.62. The van der Waals surface area contributed by atoms with Crippen LogP contribution in [0.3, 0.4) is 0 Å². The quantitative estimate of drug-likeness (QED) is 0.434. The Bertz CT molecular complexity index is 440. The van der Waals surface area contributed by atoms with E-state index >= 15 is 0 Å². The lowest BCUT2D eigenvalue weighted by Gasteiger charge is -2.15. The van der Waals surface area contributed by atoms with Gasteiger partial charge in [-0.25, -0.2) is 0 Å². The summed E-state index contributed by atoms with van der Waals surface area (Å²) in [5.74, 6) is 0. The number of rotatable bonds is 1. The van der Waals surface area contributed by atoms with E-state index in [0.717, 1.165) is 6.42 Å². The first-order valence-electron chi connectivity index (χ1n) is 4.71. The molecule has 0 amide bonds. The zero-order valence-corrected chi connectivity index (χ0v) is 8.01. The largest absolute Gasteiger partial charge is 0.411 e. The number of benzene rings is 1. The van der Waals surface area contributed by atoms with Gasteiger partial charge in [0, 0.05) is 17.2 Å². The van der Waals surface area contributed by atoms with Gasteiger partial charge in [-0.15, -0.1) is 0 Å². The molecule has 1 aromatic rings. The molecule has 5 nitrogen and oxygen atoms in total. The molecule has 0 bridgehead atoms. The van der Waals surface area contributed by atoms with Gasteiger partial charge in [0.1, 0.15) is 0 Å². The monoisotopic (exact) mass is 206 g/mol. The zero-order valence-electron chi connectivity index (χ0n) is 8.01. The van der Waals surface area contributed by atoms with Gasteiger partial charge in [0.15, 0.2) is 0 Å². The normalized spacial score (nSPS) is 17.5. The van der Waals surface area contributed by atoms with E-state index in [0.29, 0.717) is 29.7 Å². The molecule has 5 heteroatoms. The number of nitrogens with zero attached hydrogens (tertiary/aromatic N) is 2. The molecule has 0 saturated heterocycles. The van der Waals surface area contributed by atoms with E-state index in [1.54, 1.807) is 12.1 Å². The lowest BCUT2D eigenvalue weighted by molar-refractivity contribution is -0.385. The van der Waals surface area contributed by atoms with E-state index in [9.17, 15) is 10.1 Å². The standard InChI is InChI=1S/C10H10N2O3/c13-11-9-5-1-4-8-7(9)3-2-6-10(8)12(14)15/h2-3,6,13H,1,4-5H2. The molecule has 1 aliphatic rings. The summed E-state index contributed by atoms with van der Waals surface area (Å²) in [4.78, 5) is 10.4. The second kappa shape index (κ2) is 3.68. The Labute approximate surface area is 86.2 Å². The number of nitro groups is 1. The maximum Gasteiger partial charge on any atom is 0.273 e. The van der Waals surface area contributed by atoms with E-state index in [1.807, 2.05) is 0 Å². The first kappa shape index (κ1) is 9.64. The van der Waals surface area contributed by atoms with Crippen LogP contribution in [-0.4, -0.2) is 15.8 Å². The highest BCUT2D eigenvalue weighted by atomic mass is 16.6. The van der Waals surface area contributed by atoms with Gasteiger partial charge in [0.25, 0.3) is 5.69 Å². The van der Waals surface area contributed by atoms with Crippen LogP contribution >= 0.6 is 0 Å². The minimum atomic E-state index is -0.390. The molecule has 0 radical (unpaired) electrons. The molecular formula is C10H10N2O3. The van der Waals surface area contributed by atoms with Crippen molar-refractivity contribution in [2.45, 2.75) is 19.3 Å². The summed E-state index contributed by atoms with van der Waals surface area (Å²) < 4.78 is 0. The molecule has 15 heavy (non-hydrogen) atoms. The molecule has 78 valence electrons. The highest BCUT2D eigenvalue weighted by molar-refractivity contribution is 6.03. The van der Waals surface area contributed by atoms with Crippen molar-refractivity contribution in [2.24, 2.45) is 5.16 Å². The van der Waals surface area contributed by atoms with E-state index in [4.69, 9.17) is 5.21 Å². The van der Waals surface area contributed by atoms with E-state index in [1.165, 1.54) is 6.07 Å². The molecule has 0 saturated carbocycles. The van der Waals surface area contributed by atoms with Gasteiger partial charge in [0.2, 0.25) is 0 Å². The summed E-state index contributed by atoms with van der Waals surface area (Å²) in [6.07, 6.45) is 2.13. The second-order valence-corrected chi connectivity index (χ2v) is 3.46. The lowest BCUT2D eigenvalue weighted by atomic mass is 9.89. The maximum absolute atomic E-state index is 10.8. The van der Waals surface area contributed by atoms with Crippen LogP contribution in [0.5, 0.6) is 0 Å². The van der Waals surface area contributed by atoms with Crippen molar-refractivity contribution in [3.05, 3.63) is 39.4 Å². The minimum absolute atomic E-state index is 0.119. The van der Waals surface area contributed by atoms with Crippen LogP contribution in [0.2, 0.25) is 0 Å². The van der Waals surface area contributed by atoms with Gasteiger partial charge in [-0.2, -0.15) is 0 Å². The Kier molecular flexibility index (Phi) is 2.37. The van der Waals surface area contributed by atoms with Crippen LogP contribution in [0.15, 0.2) is 23.4 Å². The van der Waals surface area contributed by atoms with Crippen LogP contribution in [0.4, 0.5) is 5.69 Å². The van der Waals surface area contributed by atoms with Crippen molar-refractivity contribution in [3.8, 4) is 0 Å². The summed E-state index contributed by atoms with van der Waals surface area (Å²) in [6.45, 7) is 0. The molecule has 0 aromatic heterocycles. The van der Waals surface area contributed by atoms with Gasteiger partial charge in [-0.3, -0.25) is 10.1 Å². The van der Waals surface area contributed by atoms with Crippen LogP contribution in [0.25, 0.3) is 0 Å². The molecule has 0 heterocycles. The highest BCUT2D eigenvalue weighted by Crippen LogP contribution is 2.29. The van der Waals surface area contributed by atoms with Crippen molar-refractivity contribution < 1.29 is 10.1 Å². The van der Waals surface area contributed by atoms with E-state index in [-0.39, 0.29) is 10.6 Å². The zero-order chi connectivity index (χ0) is 10.8. The van der Waals surface area contributed by atoms with Crippen molar-refractivity contribution in [1.29, 1.82) is 0 Å². The van der Waals surface area contributed by atoms with E-state index in [2.05, 4.69) is 5.16 Å². The van der Waals surface area contributed by atoms with Crippen molar-refractivity contribution >= 4 is 11.4 Å². The summed E-state index contributed by atoms with van der Waals surface area (Å²) in [5, 5.41) is 22.7. The smallest absolute Gasteiger partial charge is 0.273 e. The van der Waals surface area contributed by atoms with Crippen LogP contribution in [-0.2, 0) is 6.42 Å². The first-order valence-corrected chi connectivity index (χ1v) is 4.71. The van der Waals surface area contributed by atoms with Crippen LogP contribution in [0.1, 0.15) is 24.0 Å². The molecule has 0 atom stereocenters. The maximum atomic E-state index is 10.8. The first-order chi connectivity index (χ1) is 7.24. The van der Waals surface area contributed by atoms with Crippen molar-refractivity contribution in [3.63, 3.8) is 0 Å². The van der Waals surface area contributed by atoms with Crippen molar-refractivity contribution in [1.82, 2.24) is 0 Å². The third kappa shape index (κ3) is 1.56. The average molecular weight is 206 g/mol. The molecular weight excluding hydrogens is 196 g/mol. The average Bonchev–Trinajstić information content (AvgIpc) is 2.27. The van der Waals surface area contributed by atoms with Gasteiger partial charge in [-0.05, 0) is 19.3 Å². The number of hydrogen-bond acceptors (Lipinski definition) is 4. The topological polar surface area (TPSA) is 75.7 Å². The molecule has 1 aliphatic carbocycles. The molecule has 0 aliphatic heterocycles. The fourth-order valence-corrected chi connectivity index (χ4v) is 1.95. The fraction of sp³-hybridized carbons (Fsp3) is 0.300. The molecule has 0 unspecified atom stereocenters. The second-order valence-electron chi connectivity index (χ2n) is 3.46. The summed E-state index contributed by atoms with van der Waals surface area (Å²) in [7, 11) is 0. The van der Waals surface area contributed by atoms with E-state index < -0.39 is 0 Å². The summed E-state index contributed by atoms with van der Waals surface area (Å²) in [6, 6.07) is 4.86. The Morgan fingerprint density at radius 1 is 1.40 bits per heavy atom. The Morgan fingerprint density at radius 3 is 2.87 bits per heavy atom. The molecule has 0 spiro atoms. The van der Waals surface area contributed by atoms with Gasteiger partial charge >= 0.3 is 0 Å². The SMILES string of the molecule is O=[N+]([O-])c1cccc2c1CCCC2=NO. The fourth-order valence-electron chi connectivity index (χ4n) is 1.95. The van der Waals surface area contributed by atoms with Crippen LogP contribution < -0.4 is 0 Å². The molecule has 2 rings (SSSR count). The minimum Gasteiger partial charge on any atom is -0.411 e. The Balaban J connectivity index is 2.61.